The number of nitrogens with one attached hydrogen (secondary N) is 3. The molecule has 0 bridgehead atoms. The Morgan fingerprint density at radius 1 is 0.781 bits per heavy atom. The molecule has 0 radical (unpaired) electrons. The van der Waals surface area contributed by atoms with E-state index in [0.29, 0.717) is 45.2 Å². The number of carboxylic acid groups (broad SMARTS) is 1. The summed E-state index contributed by atoms with van der Waals surface area (Å²) in [6.45, 7) is 6.12. The fraction of sp³-hybridized carbons (Fsp3) is 0.810. The molecule has 186 valence electrons. The molecule has 0 aliphatic heterocycles. The van der Waals surface area contributed by atoms with Gasteiger partial charge in [-0.1, -0.05) is 20.3 Å². The molecule has 0 saturated heterocycles. The third kappa shape index (κ3) is 11.4. The number of carbonyl (C=O) groups is 4. The van der Waals surface area contributed by atoms with Crippen LogP contribution < -0.4 is 33.2 Å². The van der Waals surface area contributed by atoms with Gasteiger partial charge in [0.1, 0.15) is 18.1 Å². The van der Waals surface area contributed by atoms with Crippen molar-refractivity contribution in [3.8, 4) is 0 Å². The van der Waals surface area contributed by atoms with Gasteiger partial charge < -0.3 is 38.3 Å². The number of aliphatic carboxylic acids is 1. The van der Waals surface area contributed by atoms with Gasteiger partial charge in [-0.15, -0.1) is 0 Å². The lowest BCUT2D eigenvalue weighted by Crippen LogP contribution is -2.56. The van der Waals surface area contributed by atoms with Crippen LogP contribution in [0.2, 0.25) is 0 Å². The van der Waals surface area contributed by atoms with E-state index in [-0.39, 0.29) is 18.8 Å². The molecular weight excluding hydrogens is 416 g/mol. The summed E-state index contributed by atoms with van der Waals surface area (Å²) in [5, 5.41) is 17.1. The number of rotatable bonds is 17. The molecule has 0 aliphatic rings. The number of unbranched alkanes of at least 4 members (excludes halogenated alkanes) is 2. The van der Waals surface area contributed by atoms with Crippen LogP contribution in [0.3, 0.4) is 0 Å². The largest absolute Gasteiger partial charge is 0.480 e. The molecule has 11 nitrogen and oxygen atoms in total. The first-order chi connectivity index (χ1) is 15.1. The lowest BCUT2D eigenvalue weighted by Gasteiger charge is -2.24. The molecule has 32 heavy (non-hydrogen) atoms. The highest BCUT2D eigenvalue weighted by Gasteiger charge is 2.29. The molecule has 0 aromatic carbocycles. The smallest absolute Gasteiger partial charge is 0.326 e. The van der Waals surface area contributed by atoms with E-state index in [9.17, 15) is 24.3 Å². The van der Waals surface area contributed by atoms with E-state index < -0.39 is 47.9 Å². The number of amides is 3. The van der Waals surface area contributed by atoms with E-state index in [2.05, 4.69) is 16.0 Å². The monoisotopic (exact) mass is 458 g/mol. The van der Waals surface area contributed by atoms with E-state index in [1.807, 2.05) is 13.8 Å². The molecule has 0 saturated carbocycles. The molecule has 0 aliphatic carbocycles. The van der Waals surface area contributed by atoms with Crippen molar-refractivity contribution in [2.45, 2.75) is 89.9 Å². The topological polar surface area (TPSA) is 203 Å². The lowest BCUT2D eigenvalue weighted by atomic mass is 9.99. The number of nitrogens with two attached hydrogens (primary N) is 3. The van der Waals surface area contributed by atoms with Crippen LogP contribution in [0.1, 0.15) is 65.7 Å². The summed E-state index contributed by atoms with van der Waals surface area (Å²) < 4.78 is 0. The van der Waals surface area contributed by atoms with Crippen molar-refractivity contribution < 1.29 is 24.3 Å². The second kappa shape index (κ2) is 16.4. The minimum Gasteiger partial charge on any atom is -0.480 e. The van der Waals surface area contributed by atoms with Crippen LogP contribution in [-0.4, -0.2) is 66.1 Å². The highest BCUT2D eigenvalue weighted by Crippen LogP contribution is 2.07. The van der Waals surface area contributed by atoms with E-state index in [1.165, 1.54) is 6.92 Å². The van der Waals surface area contributed by atoms with Crippen LogP contribution in [0.25, 0.3) is 0 Å². The SMILES string of the molecule is CCC(C)C(N)C(=O)NC(C)C(=O)NC(CCCCN)C(=O)NC(CCCCN)C(=O)O. The summed E-state index contributed by atoms with van der Waals surface area (Å²) in [4.78, 5) is 49.1. The van der Waals surface area contributed by atoms with Gasteiger partial charge in [-0.05, 0) is 64.5 Å². The summed E-state index contributed by atoms with van der Waals surface area (Å²) in [7, 11) is 0. The first-order valence-corrected chi connectivity index (χ1v) is 11.4. The number of carboxylic acids is 1. The fourth-order valence-corrected chi connectivity index (χ4v) is 2.97. The number of hydrogen-bond donors (Lipinski definition) is 7. The standard InChI is InChI=1S/C21H42N6O5/c1-4-13(2)17(24)20(30)25-14(3)18(28)26-15(9-5-7-11-22)19(29)27-16(21(31)32)10-6-8-12-23/h13-17H,4-12,22-24H2,1-3H3,(H,25,30)(H,26,28)(H,27,29)(H,31,32). The average molecular weight is 459 g/mol. The van der Waals surface area contributed by atoms with Crippen LogP contribution in [0.15, 0.2) is 0 Å². The Labute approximate surface area is 190 Å². The Hall–Kier alpha value is -2.24. The average Bonchev–Trinajstić information content (AvgIpc) is 2.76. The Kier molecular flexibility index (Phi) is 15.3. The normalized spacial score (nSPS) is 15.7. The molecule has 0 heterocycles. The molecule has 0 aromatic heterocycles. The van der Waals surface area contributed by atoms with Crippen LogP contribution in [0.5, 0.6) is 0 Å². The predicted octanol–water partition coefficient (Wildman–Crippen LogP) is -0.823. The van der Waals surface area contributed by atoms with Crippen molar-refractivity contribution in [3.05, 3.63) is 0 Å². The molecule has 0 rings (SSSR count). The van der Waals surface area contributed by atoms with E-state index in [0.717, 1.165) is 0 Å². The zero-order valence-corrected chi connectivity index (χ0v) is 19.6. The summed E-state index contributed by atoms with van der Waals surface area (Å²) in [6.07, 6.45) is 3.66. The third-order valence-electron chi connectivity index (χ3n) is 5.45. The Morgan fingerprint density at radius 2 is 1.28 bits per heavy atom. The molecule has 5 atom stereocenters. The van der Waals surface area contributed by atoms with Crippen LogP contribution >= 0.6 is 0 Å². The van der Waals surface area contributed by atoms with Crippen molar-refractivity contribution in [1.29, 1.82) is 0 Å². The molecule has 5 unspecified atom stereocenters. The summed E-state index contributed by atoms with van der Waals surface area (Å²) in [5.41, 5.74) is 16.9. The lowest BCUT2D eigenvalue weighted by molar-refractivity contribution is -0.142. The van der Waals surface area contributed by atoms with Crippen LogP contribution in [0.4, 0.5) is 0 Å². The zero-order valence-electron chi connectivity index (χ0n) is 19.6. The Balaban J connectivity index is 5.11. The first kappa shape index (κ1) is 29.8. The quantitative estimate of drug-likeness (QED) is 0.137. The van der Waals surface area contributed by atoms with Crippen molar-refractivity contribution in [2.24, 2.45) is 23.1 Å². The minimum atomic E-state index is -1.15. The van der Waals surface area contributed by atoms with E-state index in [1.54, 1.807) is 0 Å². The van der Waals surface area contributed by atoms with Crippen molar-refractivity contribution in [1.82, 2.24) is 16.0 Å². The van der Waals surface area contributed by atoms with Crippen molar-refractivity contribution >= 4 is 23.7 Å². The first-order valence-electron chi connectivity index (χ1n) is 11.4. The zero-order chi connectivity index (χ0) is 24.7. The molecule has 3 amide bonds. The molecule has 11 heteroatoms. The van der Waals surface area contributed by atoms with Crippen molar-refractivity contribution in [2.75, 3.05) is 13.1 Å². The number of hydrogen-bond acceptors (Lipinski definition) is 7. The second-order valence-electron chi connectivity index (χ2n) is 8.17. The van der Waals surface area contributed by atoms with Gasteiger partial charge >= 0.3 is 5.97 Å². The minimum absolute atomic E-state index is 0.0488. The van der Waals surface area contributed by atoms with Gasteiger partial charge in [0, 0.05) is 0 Å². The Morgan fingerprint density at radius 3 is 1.75 bits per heavy atom. The van der Waals surface area contributed by atoms with E-state index >= 15 is 0 Å². The molecule has 0 aromatic rings. The second-order valence-corrected chi connectivity index (χ2v) is 8.17. The highest BCUT2D eigenvalue weighted by molar-refractivity contribution is 5.93. The summed E-state index contributed by atoms with van der Waals surface area (Å²) in [6, 6.07) is -3.69. The maximum atomic E-state index is 12.7. The van der Waals surface area contributed by atoms with Gasteiger partial charge in [-0.2, -0.15) is 0 Å². The van der Waals surface area contributed by atoms with Gasteiger partial charge in [-0.25, -0.2) is 4.79 Å². The van der Waals surface area contributed by atoms with Crippen LogP contribution in [-0.2, 0) is 19.2 Å². The van der Waals surface area contributed by atoms with Gasteiger partial charge in [-0.3, -0.25) is 14.4 Å². The van der Waals surface area contributed by atoms with E-state index in [4.69, 9.17) is 17.2 Å². The highest BCUT2D eigenvalue weighted by atomic mass is 16.4. The predicted molar refractivity (Wildman–Crippen MR) is 122 cm³/mol. The molecule has 0 fully saturated rings. The molecule has 0 spiro atoms. The van der Waals surface area contributed by atoms with Gasteiger partial charge in [0.15, 0.2) is 0 Å². The van der Waals surface area contributed by atoms with Gasteiger partial charge in [0.25, 0.3) is 0 Å². The maximum Gasteiger partial charge on any atom is 0.326 e. The van der Waals surface area contributed by atoms with Gasteiger partial charge in [0.2, 0.25) is 17.7 Å². The van der Waals surface area contributed by atoms with Gasteiger partial charge in [0.05, 0.1) is 6.04 Å². The summed E-state index contributed by atoms with van der Waals surface area (Å²) >= 11 is 0. The number of carbonyl (C=O) groups excluding carboxylic acids is 3. The van der Waals surface area contributed by atoms with Crippen LogP contribution in [0, 0.1) is 5.92 Å². The molecular formula is C21H42N6O5. The maximum absolute atomic E-state index is 12.7. The molecule has 10 N–H and O–H groups in total. The third-order valence-corrected chi connectivity index (χ3v) is 5.45. The fourth-order valence-electron chi connectivity index (χ4n) is 2.97. The Bertz CT molecular complexity index is 603. The summed E-state index contributed by atoms with van der Waals surface area (Å²) in [5.74, 6) is -2.80. The van der Waals surface area contributed by atoms with Crippen molar-refractivity contribution in [3.63, 3.8) is 0 Å².